The second-order valence-electron chi connectivity index (χ2n) is 9.20. The Morgan fingerprint density at radius 3 is 2.81 bits per heavy atom. The Kier molecular flexibility index (Phi) is 6.78. The van der Waals surface area contributed by atoms with E-state index in [1.54, 1.807) is 30.6 Å². The molecule has 1 aliphatic rings. The van der Waals surface area contributed by atoms with Gasteiger partial charge in [0.2, 0.25) is 0 Å². The molecule has 36 heavy (non-hydrogen) atoms. The van der Waals surface area contributed by atoms with E-state index in [0.29, 0.717) is 46.7 Å². The Balaban J connectivity index is 1.41. The van der Waals surface area contributed by atoms with Crippen molar-refractivity contribution in [2.75, 3.05) is 25.5 Å². The van der Waals surface area contributed by atoms with Crippen LogP contribution in [0.25, 0.3) is 22.2 Å². The Bertz CT molecular complexity index is 1390. The number of carbonyl (C=O) groups excluding carboxylic acids is 1. The number of methoxy groups -OCH3 is 1. The van der Waals surface area contributed by atoms with Gasteiger partial charge in [-0.1, -0.05) is 36.2 Å². The van der Waals surface area contributed by atoms with Crippen LogP contribution < -0.4 is 10.1 Å². The molecule has 186 valence electrons. The number of nitrogens with one attached hydrogen (secondary N) is 1. The SMILES string of the molecule is COc1ncc(-c2ccc(C)cc2C(=O)N2CCCC(C)C2CNc2nc3cc(Cl)ccc3o2)cn1. The molecule has 2 aromatic heterocycles. The molecule has 0 aliphatic carbocycles. The number of anilines is 1. The molecule has 1 saturated heterocycles. The summed E-state index contributed by atoms with van der Waals surface area (Å²) < 4.78 is 10.9. The highest BCUT2D eigenvalue weighted by Gasteiger charge is 2.33. The molecule has 0 radical (unpaired) electrons. The van der Waals surface area contributed by atoms with Crippen molar-refractivity contribution in [3.05, 3.63) is 64.9 Å². The van der Waals surface area contributed by atoms with E-state index in [4.69, 9.17) is 20.8 Å². The van der Waals surface area contributed by atoms with Gasteiger partial charge in [0.1, 0.15) is 5.52 Å². The summed E-state index contributed by atoms with van der Waals surface area (Å²) in [5.74, 6) is 0.304. The molecule has 0 bridgehead atoms. The zero-order chi connectivity index (χ0) is 25.2. The van der Waals surface area contributed by atoms with E-state index in [1.165, 1.54) is 7.11 Å². The molecule has 1 amide bonds. The molecular weight excluding hydrogens is 478 g/mol. The third-order valence-electron chi connectivity index (χ3n) is 6.72. The van der Waals surface area contributed by atoms with Gasteiger partial charge in [0.25, 0.3) is 11.9 Å². The van der Waals surface area contributed by atoms with E-state index in [-0.39, 0.29) is 18.0 Å². The van der Waals surface area contributed by atoms with Crippen molar-refractivity contribution in [1.82, 2.24) is 19.9 Å². The number of amides is 1. The highest BCUT2D eigenvalue weighted by Crippen LogP contribution is 2.31. The molecule has 5 rings (SSSR count). The van der Waals surface area contributed by atoms with Gasteiger partial charge in [-0.25, -0.2) is 9.97 Å². The number of hydrogen-bond donors (Lipinski definition) is 1. The zero-order valence-electron chi connectivity index (χ0n) is 20.5. The summed E-state index contributed by atoms with van der Waals surface area (Å²) in [6.07, 6.45) is 5.37. The lowest BCUT2D eigenvalue weighted by molar-refractivity contribution is 0.0540. The van der Waals surface area contributed by atoms with Crippen LogP contribution in [-0.2, 0) is 0 Å². The second-order valence-corrected chi connectivity index (χ2v) is 9.64. The standard InChI is InChI=1S/C27H28ClN5O3/c1-16-6-8-20(18-13-29-26(35-3)30-14-18)21(11-16)25(34)33-10-4-5-17(2)23(33)15-31-27-32-22-12-19(28)7-9-24(22)36-27/h6-9,11-14,17,23H,4-5,10,15H2,1-3H3,(H,31,32). The van der Waals surface area contributed by atoms with E-state index in [2.05, 4.69) is 27.2 Å². The van der Waals surface area contributed by atoms with Crippen molar-refractivity contribution < 1.29 is 13.9 Å². The minimum Gasteiger partial charge on any atom is -0.467 e. The molecule has 0 spiro atoms. The summed E-state index contributed by atoms with van der Waals surface area (Å²) >= 11 is 6.08. The molecule has 2 atom stereocenters. The minimum atomic E-state index is -0.0228. The van der Waals surface area contributed by atoms with Crippen molar-refractivity contribution >= 4 is 34.6 Å². The van der Waals surface area contributed by atoms with E-state index in [0.717, 1.165) is 29.5 Å². The van der Waals surface area contributed by atoms with Gasteiger partial charge >= 0.3 is 6.01 Å². The average Bonchev–Trinajstić information content (AvgIpc) is 3.29. The number of likely N-dealkylation sites (tertiary alicyclic amines) is 1. The minimum absolute atomic E-state index is 0.00721. The number of aryl methyl sites for hydroxylation is 1. The predicted molar refractivity (Wildman–Crippen MR) is 139 cm³/mol. The maximum atomic E-state index is 14.0. The number of rotatable bonds is 6. The van der Waals surface area contributed by atoms with Gasteiger partial charge < -0.3 is 19.4 Å². The lowest BCUT2D eigenvalue weighted by atomic mass is 9.89. The molecule has 4 aromatic rings. The van der Waals surface area contributed by atoms with Crippen LogP contribution in [0.3, 0.4) is 0 Å². The molecule has 3 heterocycles. The van der Waals surface area contributed by atoms with Crippen LogP contribution in [0.2, 0.25) is 5.02 Å². The number of halogens is 1. The maximum Gasteiger partial charge on any atom is 0.316 e. The van der Waals surface area contributed by atoms with Crippen LogP contribution in [0.5, 0.6) is 6.01 Å². The Hall–Kier alpha value is -3.65. The fourth-order valence-electron chi connectivity index (χ4n) is 4.78. The van der Waals surface area contributed by atoms with E-state index in [1.807, 2.05) is 30.0 Å². The van der Waals surface area contributed by atoms with Gasteiger partial charge in [-0.2, -0.15) is 4.98 Å². The quantitative estimate of drug-likeness (QED) is 0.364. The van der Waals surface area contributed by atoms with Gasteiger partial charge in [0.15, 0.2) is 5.58 Å². The van der Waals surface area contributed by atoms with Crippen molar-refractivity contribution in [3.63, 3.8) is 0 Å². The van der Waals surface area contributed by atoms with Crippen molar-refractivity contribution in [1.29, 1.82) is 0 Å². The Morgan fingerprint density at radius 1 is 1.22 bits per heavy atom. The normalized spacial score (nSPS) is 17.8. The molecule has 2 unspecified atom stereocenters. The first-order chi connectivity index (χ1) is 17.4. The number of oxazole rings is 1. The zero-order valence-corrected chi connectivity index (χ0v) is 21.2. The highest BCUT2D eigenvalue weighted by molar-refractivity contribution is 6.31. The molecular formula is C27H28ClN5O3. The smallest absolute Gasteiger partial charge is 0.316 e. The van der Waals surface area contributed by atoms with Gasteiger partial charge in [-0.05, 0) is 55.5 Å². The summed E-state index contributed by atoms with van der Waals surface area (Å²) in [4.78, 5) is 28.9. The first kappa shape index (κ1) is 24.1. The van der Waals surface area contributed by atoms with Crippen LogP contribution in [-0.4, -0.2) is 52.0 Å². The number of piperidine rings is 1. The van der Waals surface area contributed by atoms with Gasteiger partial charge in [0.05, 0.1) is 13.2 Å². The largest absolute Gasteiger partial charge is 0.467 e. The summed E-state index contributed by atoms with van der Waals surface area (Å²) in [6, 6.07) is 11.9. The first-order valence-electron chi connectivity index (χ1n) is 12.0. The second kappa shape index (κ2) is 10.1. The van der Waals surface area contributed by atoms with Crippen LogP contribution in [0.4, 0.5) is 6.01 Å². The van der Waals surface area contributed by atoms with Crippen molar-refractivity contribution in [2.45, 2.75) is 32.7 Å². The third-order valence-corrected chi connectivity index (χ3v) is 6.95. The fraction of sp³-hybridized carbons (Fsp3) is 0.333. The monoisotopic (exact) mass is 505 g/mol. The maximum absolute atomic E-state index is 14.0. The lowest BCUT2D eigenvalue weighted by Crippen LogP contribution is -2.51. The summed E-state index contributed by atoms with van der Waals surface area (Å²) in [5.41, 5.74) is 4.58. The number of hydrogen-bond acceptors (Lipinski definition) is 7. The molecule has 0 saturated carbocycles. The average molecular weight is 506 g/mol. The highest BCUT2D eigenvalue weighted by atomic mass is 35.5. The number of fused-ring (bicyclic) bond motifs is 1. The fourth-order valence-corrected chi connectivity index (χ4v) is 4.95. The lowest BCUT2D eigenvalue weighted by Gasteiger charge is -2.40. The molecule has 1 aliphatic heterocycles. The van der Waals surface area contributed by atoms with E-state index in [9.17, 15) is 4.79 Å². The number of carbonyl (C=O) groups is 1. The van der Waals surface area contributed by atoms with Gasteiger partial charge in [0, 0.05) is 41.6 Å². The van der Waals surface area contributed by atoms with Gasteiger partial charge in [-0.3, -0.25) is 4.79 Å². The Morgan fingerprint density at radius 2 is 2.03 bits per heavy atom. The summed E-state index contributed by atoms with van der Waals surface area (Å²) in [5, 5.41) is 3.92. The van der Waals surface area contributed by atoms with Crippen molar-refractivity contribution in [3.8, 4) is 17.1 Å². The van der Waals surface area contributed by atoms with E-state index < -0.39 is 0 Å². The molecule has 1 fully saturated rings. The summed E-state index contributed by atoms with van der Waals surface area (Å²) in [6.45, 7) is 5.39. The van der Waals surface area contributed by atoms with Crippen LogP contribution >= 0.6 is 11.6 Å². The molecule has 1 N–H and O–H groups in total. The van der Waals surface area contributed by atoms with E-state index >= 15 is 0 Å². The Labute approximate surface area is 214 Å². The number of aromatic nitrogens is 3. The molecule has 9 heteroatoms. The third kappa shape index (κ3) is 4.86. The summed E-state index contributed by atoms with van der Waals surface area (Å²) in [7, 11) is 1.53. The number of nitrogens with zero attached hydrogens (tertiary/aromatic N) is 4. The van der Waals surface area contributed by atoms with Crippen LogP contribution in [0, 0.1) is 12.8 Å². The molecule has 2 aromatic carbocycles. The van der Waals surface area contributed by atoms with Crippen molar-refractivity contribution in [2.24, 2.45) is 5.92 Å². The van der Waals surface area contributed by atoms with Crippen LogP contribution in [0.1, 0.15) is 35.7 Å². The molecule has 8 nitrogen and oxygen atoms in total. The van der Waals surface area contributed by atoms with Crippen LogP contribution in [0.15, 0.2) is 53.2 Å². The number of benzene rings is 2. The topological polar surface area (TPSA) is 93.4 Å². The number of ether oxygens (including phenoxy) is 1. The van der Waals surface area contributed by atoms with Gasteiger partial charge in [-0.15, -0.1) is 0 Å². The first-order valence-corrected chi connectivity index (χ1v) is 12.4. The predicted octanol–water partition coefficient (Wildman–Crippen LogP) is 5.61.